The molecule has 0 radical (unpaired) electrons. The molecule has 2 heteroatoms. The Hall–Kier alpha value is -0.920. The molecular weight excluding hydrogens is 152 g/mol. The second-order valence-electron chi connectivity index (χ2n) is 4.25. The topological polar surface area (TPSA) is 34.1 Å². The summed E-state index contributed by atoms with van der Waals surface area (Å²) in [5.74, 6) is -0.193. The molecule has 0 spiro atoms. The van der Waals surface area contributed by atoms with Gasteiger partial charge in [0.1, 0.15) is 0 Å². The van der Waals surface area contributed by atoms with E-state index in [1.54, 1.807) is 0 Å². The number of Topliss-reactive ketones (excluding diaryl/α,β-unsaturated/α-hetero) is 2. The summed E-state index contributed by atoms with van der Waals surface area (Å²) in [4.78, 5) is 22.9. The third-order valence-corrected chi connectivity index (χ3v) is 3.16. The maximum absolute atomic E-state index is 11.5. The first-order valence-electron chi connectivity index (χ1n) is 4.30. The highest BCUT2D eigenvalue weighted by Gasteiger charge is 2.49. The second kappa shape index (κ2) is 2.06. The summed E-state index contributed by atoms with van der Waals surface area (Å²) in [6.45, 7) is 3.73. The first-order chi connectivity index (χ1) is 5.53. The molecular formula is C10H12O2. The van der Waals surface area contributed by atoms with Crippen LogP contribution in [0.2, 0.25) is 0 Å². The van der Waals surface area contributed by atoms with E-state index in [0.29, 0.717) is 0 Å². The van der Waals surface area contributed by atoms with Crippen molar-refractivity contribution in [3.05, 3.63) is 12.2 Å². The van der Waals surface area contributed by atoms with Crippen LogP contribution in [0.15, 0.2) is 12.2 Å². The van der Waals surface area contributed by atoms with Crippen molar-refractivity contribution in [3.8, 4) is 0 Å². The van der Waals surface area contributed by atoms with Gasteiger partial charge in [0.05, 0.1) is 0 Å². The number of carbonyl (C=O) groups excluding carboxylic acids is 2. The molecule has 2 nitrogen and oxygen atoms in total. The number of hydrogen-bond donors (Lipinski definition) is 0. The zero-order chi connectivity index (χ0) is 8.93. The normalized spacial score (nSPS) is 37.5. The smallest absolute Gasteiger partial charge is 0.205 e. The van der Waals surface area contributed by atoms with Gasteiger partial charge in [0.25, 0.3) is 0 Å². The van der Waals surface area contributed by atoms with Gasteiger partial charge >= 0.3 is 0 Å². The van der Waals surface area contributed by atoms with Gasteiger partial charge < -0.3 is 0 Å². The van der Waals surface area contributed by atoms with Crippen molar-refractivity contribution in [2.24, 2.45) is 17.3 Å². The van der Waals surface area contributed by atoms with E-state index in [-0.39, 0.29) is 23.4 Å². The van der Waals surface area contributed by atoms with E-state index in [0.717, 1.165) is 6.42 Å². The van der Waals surface area contributed by atoms with Crippen LogP contribution in [-0.2, 0) is 9.59 Å². The minimum Gasteiger partial charge on any atom is -0.290 e. The Balaban J connectivity index is 2.45. The first-order valence-corrected chi connectivity index (χ1v) is 4.30. The third-order valence-electron chi connectivity index (χ3n) is 3.16. The van der Waals surface area contributed by atoms with Crippen LogP contribution in [0.3, 0.4) is 0 Å². The SMILES string of the molecule is CC1(C)C(=O)C(=O)[C@H]2C=C[C@H]1C2. The fourth-order valence-electron chi connectivity index (χ4n) is 2.08. The highest BCUT2D eigenvalue weighted by molar-refractivity contribution is 6.41. The Morgan fingerprint density at radius 2 is 2.00 bits per heavy atom. The van der Waals surface area contributed by atoms with Gasteiger partial charge in [-0.3, -0.25) is 9.59 Å². The van der Waals surface area contributed by atoms with E-state index in [4.69, 9.17) is 0 Å². The van der Waals surface area contributed by atoms with E-state index in [9.17, 15) is 9.59 Å². The van der Waals surface area contributed by atoms with Gasteiger partial charge in [-0.1, -0.05) is 26.0 Å². The van der Waals surface area contributed by atoms with Gasteiger partial charge in [-0.15, -0.1) is 0 Å². The molecule has 2 aliphatic rings. The molecule has 2 bridgehead atoms. The summed E-state index contributed by atoms with van der Waals surface area (Å²) in [6, 6.07) is 0. The molecule has 0 aliphatic heterocycles. The van der Waals surface area contributed by atoms with Gasteiger partial charge in [-0.25, -0.2) is 0 Å². The molecule has 0 aromatic rings. The number of fused-ring (bicyclic) bond motifs is 2. The maximum Gasteiger partial charge on any atom is 0.205 e. The highest BCUT2D eigenvalue weighted by atomic mass is 16.2. The van der Waals surface area contributed by atoms with Gasteiger partial charge in [-0.2, -0.15) is 0 Å². The van der Waals surface area contributed by atoms with Crippen molar-refractivity contribution >= 4 is 11.6 Å². The molecule has 64 valence electrons. The molecule has 0 aromatic heterocycles. The van der Waals surface area contributed by atoms with Crippen LogP contribution in [0.25, 0.3) is 0 Å². The molecule has 2 aliphatic carbocycles. The van der Waals surface area contributed by atoms with E-state index in [1.807, 2.05) is 26.0 Å². The van der Waals surface area contributed by atoms with Crippen molar-refractivity contribution in [3.63, 3.8) is 0 Å². The molecule has 0 saturated heterocycles. The van der Waals surface area contributed by atoms with Crippen LogP contribution in [0.5, 0.6) is 0 Å². The van der Waals surface area contributed by atoms with Crippen molar-refractivity contribution in [1.29, 1.82) is 0 Å². The predicted molar refractivity (Wildman–Crippen MR) is 44.5 cm³/mol. The largest absolute Gasteiger partial charge is 0.290 e. The van der Waals surface area contributed by atoms with E-state index in [2.05, 4.69) is 0 Å². The average molecular weight is 164 g/mol. The minimum absolute atomic E-state index is 0.101. The molecule has 1 fully saturated rings. The predicted octanol–water partition coefficient (Wildman–Crippen LogP) is 1.36. The maximum atomic E-state index is 11.5. The molecule has 0 unspecified atom stereocenters. The van der Waals surface area contributed by atoms with Crippen LogP contribution in [-0.4, -0.2) is 11.6 Å². The molecule has 0 N–H and O–H groups in total. The van der Waals surface area contributed by atoms with Crippen LogP contribution >= 0.6 is 0 Å². The fraction of sp³-hybridized carbons (Fsp3) is 0.600. The average Bonchev–Trinajstić information content (AvgIpc) is 2.46. The van der Waals surface area contributed by atoms with Crippen LogP contribution in [0, 0.1) is 17.3 Å². The summed E-state index contributed by atoms with van der Waals surface area (Å²) in [5, 5.41) is 0. The number of allylic oxidation sites excluding steroid dienone is 2. The number of hydrogen-bond acceptors (Lipinski definition) is 2. The first kappa shape index (κ1) is 7.71. The molecule has 0 heterocycles. The molecule has 12 heavy (non-hydrogen) atoms. The minimum atomic E-state index is -0.458. The second-order valence-corrected chi connectivity index (χ2v) is 4.25. The molecule has 1 saturated carbocycles. The summed E-state index contributed by atoms with van der Waals surface area (Å²) < 4.78 is 0. The Bertz CT molecular complexity index is 286. The Morgan fingerprint density at radius 1 is 1.33 bits per heavy atom. The van der Waals surface area contributed by atoms with Gasteiger partial charge in [0, 0.05) is 11.3 Å². The molecule has 0 aromatic carbocycles. The Morgan fingerprint density at radius 3 is 2.67 bits per heavy atom. The highest BCUT2D eigenvalue weighted by Crippen LogP contribution is 2.44. The van der Waals surface area contributed by atoms with Crippen LogP contribution in [0.4, 0.5) is 0 Å². The van der Waals surface area contributed by atoms with Gasteiger partial charge in [0.2, 0.25) is 11.6 Å². The zero-order valence-corrected chi connectivity index (χ0v) is 7.33. The molecule has 2 atom stereocenters. The van der Waals surface area contributed by atoms with Crippen molar-refractivity contribution in [2.75, 3.05) is 0 Å². The third kappa shape index (κ3) is 0.752. The van der Waals surface area contributed by atoms with Gasteiger partial charge in [0.15, 0.2) is 0 Å². The lowest BCUT2D eigenvalue weighted by molar-refractivity contribution is -0.147. The number of ketones is 2. The lowest BCUT2D eigenvalue weighted by Gasteiger charge is -2.33. The molecule has 0 amide bonds. The quantitative estimate of drug-likeness (QED) is 0.400. The summed E-state index contributed by atoms with van der Waals surface area (Å²) >= 11 is 0. The van der Waals surface area contributed by atoms with E-state index >= 15 is 0 Å². The summed E-state index contributed by atoms with van der Waals surface area (Å²) in [7, 11) is 0. The number of carbonyl (C=O) groups is 2. The van der Waals surface area contributed by atoms with Crippen LogP contribution in [0.1, 0.15) is 20.3 Å². The lowest BCUT2D eigenvalue weighted by atomic mass is 9.68. The fourth-order valence-corrected chi connectivity index (χ4v) is 2.08. The summed E-state index contributed by atoms with van der Waals surface area (Å²) in [6.07, 6.45) is 4.75. The molecule has 2 rings (SSSR count). The standard InChI is InChI=1S/C10H12O2/c1-10(2)7-4-3-6(5-7)8(11)9(10)12/h3-4,6-7H,5H2,1-2H3/t6-,7-/m0/s1. The summed E-state index contributed by atoms with van der Waals surface area (Å²) in [5.41, 5.74) is -0.458. The van der Waals surface area contributed by atoms with Crippen molar-refractivity contribution < 1.29 is 9.59 Å². The Labute approximate surface area is 71.6 Å². The van der Waals surface area contributed by atoms with Crippen molar-refractivity contribution in [1.82, 2.24) is 0 Å². The Kier molecular flexibility index (Phi) is 1.33. The number of rotatable bonds is 0. The lowest BCUT2D eigenvalue weighted by Crippen LogP contribution is -2.43. The van der Waals surface area contributed by atoms with E-state index in [1.165, 1.54) is 0 Å². The van der Waals surface area contributed by atoms with Crippen LogP contribution < -0.4 is 0 Å². The van der Waals surface area contributed by atoms with Crippen molar-refractivity contribution in [2.45, 2.75) is 20.3 Å². The monoisotopic (exact) mass is 164 g/mol. The van der Waals surface area contributed by atoms with Gasteiger partial charge in [-0.05, 0) is 12.3 Å². The van der Waals surface area contributed by atoms with E-state index < -0.39 is 5.41 Å². The zero-order valence-electron chi connectivity index (χ0n) is 7.33.